The monoisotopic (exact) mass is 471 g/mol. The molecule has 3 aromatic rings. The average Bonchev–Trinajstić information content (AvgIpc) is 3.35. The highest BCUT2D eigenvalue weighted by Crippen LogP contribution is 2.34. The fourth-order valence-corrected chi connectivity index (χ4v) is 3.63. The van der Waals surface area contributed by atoms with Crippen LogP contribution in [0.25, 0.3) is 0 Å². The quantitative estimate of drug-likeness (QED) is 0.449. The standard InChI is InChI=1S/C24H24F3N5O2/c25-24(26,27)17-11-19(13-20(12-17)34-15-18-3-1-7-29-18)32-23(33)21-4-2-8-30-22(21)31-14-16-5-9-28-10-6-16/h2,4-6,8-13,18,29H,1,3,7,14-15H2,(H,30,31)(H,32,33)/t18-/m0/s1. The summed E-state index contributed by atoms with van der Waals surface area (Å²) in [6.45, 7) is 1.51. The summed E-state index contributed by atoms with van der Waals surface area (Å²) in [6, 6.07) is 10.1. The van der Waals surface area contributed by atoms with Crippen LogP contribution in [0.1, 0.15) is 34.3 Å². The van der Waals surface area contributed by atoms with E-state index in [2.05, 4.69) is 25.9 Å². The summed E-state index contributed by atoms with van der Waals surface area (Å²) < 4.78 is 46.0. The number of nitrogens with zero attached hydrogens (tertiary/aromatic N) is 2. The fourth-order valence-electron chi connectivity index (χ4n) is 3.63. The largest absolute Gasteiger partial charge is 0.492 e. The van der Waals surface area contributed by atoms with E-state index in [9.17, 15) is 18.0 Å². The number of carbonyl (C=O) groups is 1. The van der Waals surface area contributed by atoms with Gasteiger partial charge >= 0.3 is 6.18 Å². The molecule has 3 N–H and O–H groups in total. The Morgan fingerprint density at radius 1 is 1.15 bits per heavy atom. The lowest BCUT2D eigenvalue weighted by Crippen LogP contribution is -2.28. The van der Waals surface area contributed by atoms with E-state index in [0.29, 0.717) is 12.4 Å². The van der Waals surface area contributed by atoms with Gasteiger partial charge in [-0.3, -0.25) is 9.78 Å². The zero-order chi connectivity index (χ0) is 24.0. The van der Waals surface area contributed by atoms with E-state index in [4.69, 9.17) is 4.74 Å². The van der Waals surface area contributed by atoms with Gasteiger partial charge in [0.1, 0.15) is 18.2 Å². The van der Waals surface area contributed by atoms with Crippen molar-refractivity contribution < 1.29 is 22.7 Å². The van der Waals surface area contributed by atoms with Gasteiger partial charge in [0.2, 0.25) is 0 Å². The van der Waals surface area contributed by atoms with Crippen LogP contribution in [0.5, 0.6) is 5.75 Å². The van der Waals surface area contributed by atoms with Crippen LogP contribution >= 0.6 is 0 Å². The first-order chi connectivity index (χ1) is 16.4. The predicted molar refractivity (Wildman–Crippen MR) is 122 cm³/mol. The van der Waals surface area contributed by atoms with Gasteiger partial charge in [-0.05, 0) is 61.3 Å². The number of ether oxygens (including phenoxy) is 1. The van der Waals surface area contributed by atoms with Crippen molar-refractivity contribution in [2.45, 2.75) is 31.6 Å². The van der Waals surface area contributed by atoms with Gasteiger partial charge in [0.05, 0.1) is 11.1 Å². The van der Waals surface area contributed by atoms with Crippen molar-refractivity contribution in [3.8, 4) is 5.75 Å². The van der Waals surface area contributed by atoms with Crippen LogP contribution in [-0.2, 0) is 12.7 Å². The smallest absolute Gasteiger partial charge is 0.416 e. The van der Waals surface area contributed by atoms with E-state index >= 15 is 0 Å². The molecule has 4 rings (SSSR count). The second kappa shape index (κ2) is 10.5. The number of rotatable bonds is 8. The third kappa shape index (κ3) is 6.22. The molecule has 0 bridgehead atoms. The molecule has 34 heavy (non-hydrogen) atoms. The fraction of sp³-hybridized carbons (Fsp3) is 0.292. The third-order valence-corrected chi connectivity index (χ3v) is 5.37. The predicted octanol–water partition coefficient (Wildman–Crippen LogP) is 4.49. The highest BCUT2D eigenvalue weighted by molar-refractivity contribution is 6.07. The Kier molecular flexibility index (Phi) is 7.27. The van der Waals surface area contributed by atoms with Crippen LogP contribution in [0.3, 0.4) is 0 Å². The Morgan fingerprint density at radius 2 is 1.97 bits per heavy atom. The second-order valence-electron chi connectivity index (χ2n) is 7.91. The number of alkyl halides is 3. The lowest BCUT2D eigenvalue weighted by molar-refractivity contribution is -0.137. The number of carbonyl (C=O) groups excluding carboxylic acids is 1. The Labute approximate surface area is 194 Å². The molecule has 1 atom stereocenters. The van der Waals surface area contributed by atoms with E-state index in [1.165, 1.54) is 12.3 Å². The van der Waals surface area contributed by atoms with Crippen LogP contribution in [-0.4, -0.2) is 35.1 Å². The summed E-state index contributed by atoms with van der Waals surface area (Å²) in [6.07, 6.45) is 2.15. The van der Waals surface area contributed by atoms with Crippen molar-refractivity contribution in [2.75, 3.05) is 23.8 Å². The van der Waals surface area contributed by atoms with Crippen LogP contribution in [0, 0.1) is 0 Å². The summed E-state index contributed by atoms with van der Waals surface area (Å²) in [5, 5.41) is 8.87. The van der Waals surface area contributed by atoms with Crippen molar-refractivity contribution in [2.24, 2.45) is 0 Å². The maximum atomic E-state index is 13.5. The zero-order valence-electron chi connectivity index (χ0n) is 18.2. The maximum Gasteiger partial charge on any atom is 0.416 e. The first kappa shape index (κ1) is 23.5. The summed E-state index contributed by atoms with van der Waals surface area (Å²) in [5.74, 6) is -0.235. The highest BCUT2D eigenvalue weighted by Gasteiger charge is 2.32. The van der Waals surface area contributed by atoms with Crippen molar-refractivity contribution in [3.05, 3.63) is 77.7 Å². The topological polar surface area (TPSA) is 88.2 Å². The molecule has 1 aliphatic rings. The summed E-state index contributed by atoms with van der Waals surface area (Å²) in [5.41, 5.74) is 0.218. The number of pyridine rings is 2. The average molecular weight is 471 g/mol. The molecule has 0 radical (unpaired) electrons. The van der Waals surface area contributed by atoms with Gasteiger partial charge in [0, 0.05) is 42.9 Å². The van der Waals surface area contributed by atoms with Gasteiger partial charge in [0.15, 0.2) is 0 Å². The molecule has 1 aromatic carbocycles. The number of amides is 1. The molecule has 1 saturated heterocycles. The first-order valence-corrected chi connectivity index (χ1v) is 10.9. The number of hydrogen-bond donors (Lipinski definition) is 3. The molecule has 1 aliphatic heterocycles. The normalized spacial score (nSPS) is 15.7. The van der Waals surface area contributed by atoms with Crippen molar-refractivity contribution in [1.29, 1.82) is 0 Å². The van der Waals surface area contributed by atoms with Crippen LogP contribution in [0.4, 0.5) is 24.7 Å². The minimum absolute atomic E-state index is 0.0156. The van der Waals surface area contributed by atoms with Gasteiger partial charge in [-0.15, -0.1) is 0 Å². The third-order valence-electron chi connectivity index (χ3n) is 5.37. The molecule has 0 spiro atoms. The number of aromatic nitrogens is 2. The van der Waals surface area contributed by atoms with Crippen molar-refractivity contribution >= 4 is 17.4 Å². The number of nitrogens with one attached hydrogen (secondary N) is 3. The molecular formula is C24H24F3N5O2. The van der Waals surface area contributed by atoms with Gasteiger partial charge in [0.25, 0.3) is 5.91 Å². The highest BCUT2D eigenvalue weighted by atomic mass is 19.4. The van der Waals surface area contributed by atoms with E-state index in [-0.39, 0.29) is 29.6 Å². The lowest BCUT2D eigenvalue weighted by atomic mass is 10.1. The molecular weight excluding hydrogens is 447 g/mol. The molecule has 3 heterocycles. The summed E-state index contributed by atoms with van der Waals surface area (Å²) in [4.78, 5) is 21.1. The minimum atomic E-state index is -4.59. The van der Waals surface area contributed by atoms with Gasteiger partial charge in [-0.1, -0.05) is 0 Å². The Balaban J connectivity index is 1.51. The van der Waals surface area contributed by atoms with E-state index in [1.807, 2.05) is 12.1 Å². The van der Waals surface area contributed by atoms with Gasteiger partial charge in [-0.2, -0.15) is 13.2 Å². The molecule has 0 unspecified atom stereocenters. The Hall–Kier alpha value is -3.66. The summed E-state index contributed by atoms with van der Waals surface area (Å²) in [7, 11) is 0. The van der Waals surface area contributed by atoms with Crippen LogP contribution in [0.2, 0.25) is 0 Å². The minimum Gasteiger partial charge on any atom is -0.492 e. The van der Waals surface area contributed by atoms with Crippen molar-refractivity contribution in [3.63, 3.8) is 0 Å². The molecule has 1 fully saturated rings. The van der Waals surface area contributed by atoms with Gasteiger partial charge < -0.3 is 20.7 Å². The molecule has 10 heteroatoms. The molecule has 7 nitrogen and oxygen atoms in total. The number of halogens is 3. The second-order valence-corrected chi connectivity index (χ2v) is 7.91. The van der Waals surface area contributed by atoms with Crippen LogP contribution < -0.4 is 20.7 Å². The van der Waals surface area contributed by atoms with E-state index in [0.717, 1.165) is 37.1 Å². The number of anilines is 2. The molecule has 0 saturated carbocycles. The SMILES string of the molecule is O=C(Nc1cc(OC[C@@H]2CCCN2)cc(C(F)(F)F)c1)c1cccnc1NCc1ccncc1. The molecule has 1 amide bonds. The Bertz CT molecular complexity index is 1120. The number of hydrogen-bond acceptors (Lipinski definition) is 6. The Morgan fingerprint density at radius 3 is 2.71 bits per heavy atom. The molecule has 2 aromatic heterocycles. The van der Waals surface area contributed by atoms with E-state index in [1.54, 1.807) is 24.5 Å². The molecule has 178 valence electrons. The number of benzene rings is 1. The maximum absolute atomic E-state index is 13.5. The van der Waals surface area contributed by atoms with E-state index < -0.39 is 17.6 Å². The van der Waals surface area contributed by atoms with Crippen LogP contribution in [0.15, 0.2) is 61.1 Å². The zero-order valence-corrected chi connectivity index (χ0v) is 18.2. The van der Waals surface area contributed by atoms with Crippen molar-refractivity contribution in [1.82, 2.24) is 15.3 Å². The summed E-state index contributed by atoms with van der Waals surface area (Å²) >= 11 is 0. The molecule has 0 aliphatic carbocycles. The first-order valence-electron chi connectivity index (χ1n) is 10.9. The van der Waals surface area contributed by atoms with Gasteiger partial charge in [-0.25, -0.2) is 4.98 Å². The lowest BCUT2D eigenvalue weighted by Gasteiger charge is -2.16.